The largest absolute Gasteiger partial charge is 0.392 e. The normalized spacial score (nSPS) is 23.8. The first-order valence-corrected chi connectivity index (χ1v) is 12.3. The zero-order chi connectivity index (χ0) is 25.2. The number of aliphatic hydroxyl groups excluding tert-OH is 2. The molecule has 3 fully saturated rings. The van der Waals surface area contributed by atoms with Crippen LogP contribution in [-0.2, 0) is 0 Å². The number of hydrogen-bond acceptors (Lipinski definition) is 7. The molecule has 3 saturated heterocycles. The summed E-state index contributed by atoms with van der Waals surface area (Å²) >= 11 is 0. The van der Waals surface area contributed by atoms with Crippen LogP contribution < -0.4 is 10.2 Å². The molecule has 0 unspecified atom stereocenters. The number of aliphatic hydroxyl groups is 2. The second kappa shape index (κ2) is 10.5. The van der Waals surface area contributed by atoms with Gasteiger partial charge < -0.3 is 25.3 Å². The van der Waals surface area contributed by atoms with Crippen LogP contribution in [0.1, 0.15) is 47.6 Å². The van der Waals surface area contributed by atoms with E-state index in [1.165, 1.54) is 16.8 Å². The molecular formula is C25H30F2N6O3. The fourth-order valence-corrected chi connectivity index (χ4v) is 5.04. The molecule has 0 saturated carbocycles. The highest BCUT2D eigenvalue weighted by molar-refractivity contribution is 6.00. The number of rotatable bonds is 3. The lowest BCUT2D eigenvalue weighted by atomic mass is 10.0. The Morgan fingerprint density at radius 2 is 1.94 bits per heavy atom. The summed E-state index contributed by atoms with van der Waals surface area (Å²) in [5.74, 6) is -0.551. The van der Waals surface area contributed by atoms with E-state index in [1.807, 2.05) is 4.90 Å². The SMILES string of the molecule is O=C(c1cnn2ccc(N3CCC[C@@H]3c3cc(F)ccc3F)nc12)N1CC[C@@H](O)C1.O[C@@H]1CCNC1. The van der Waals surface area contributed by atoms with Crippen LogP contribution in [0.5, 0.6) is 0 Å². The minimum atomic E-state index is -0.508. The van der Waals surface area contributed by atoms with Gasteiger partial charge in [-0.1, -0.05) is 0 Å². The van der Waals surface area contributed by atoms with Crippen molar-refractivity contribution < 1.29 is 23.8 Å². The maximum Gasteiger partial charge on any atom is 0.259 e. The van der Waals surface area contributed by atoms with E-state index in [2.05, 4.69) is 15.4 Å². The van der Waals surface area contributed by atoms with Gasteiger partial charge >= 0.3 is 0 Å². The highest BCUT2D eigenvalue weighted by Gasteiger charge is 2.31. The number of aromatic nitrogens is 3. The number of likely N-dealkylation sites (tertiary alicyclic amines) is 1. The Morgan fingerprint density at radius 1 is 1.08 bits per heavy atom. The van der Waals surface area contributed by atoms with Gasteiger partial charge in [-0.05, 0) is 56.5 Å². The van der Waals surface area contributed by atoms with Gasteiger partial charge in [-0.3, -0.25) is 4.79 Å². The van der Waals surface area contributed by atoms with Crippen molar-refractivity contribution in [3.8, 4) is 0 Å². The molecule has 1 amide bonds. The third kappa shape index (κ3) is 5.04. The molecular weight excluding hydrogens is 470 g/mol. The number of carbonyl (C=O) groups excluding carboxylic acids is 1. The molecule has 11 heteroatoms. The average molecular weight is 501 g/mol. The summed E-state index contributed by atoms with van der Waals surface area (Å²) in [5.41, 5.74) is 1.08. The Hall–Kier alpha value is -3.15. The second-order valence-corrected chi connectivity index (χ2v) is 9.47. The van der Waals surface area contributed by atoms with Crippen molar-refractivity contribution in [2.75, 3.05) is 37.6 Å². The van der Waals surface area contributed by atoms with Gasteiger partial charge in [0.05, 0.1) is 24.4 Å². The van der Waals surface area contributed by atoms with Gasteiger partial charge in [-0.15, -0.1) is 0 Å². The molecule has 9 nitrogen and oxygen atoms in total. The van der Waals surface area contributed by atoms with Crippen LogP contribution in [-0.4, -0.2) is 80.5 Å². The third-order valence-electron chi connectivity index (χ3n) is 6.93. The highest BCUT2D eigenvalue weighted by Crippen LogP contribution is 2.37. The van der Waals surface area contributed by atoms with E-state index in [4.69, 9.17) is 5.11 Å². The molecule has 3 aliphatic rings. The van der Waals surface area contributed by atoms with Gasteiger partial charge in [0.1, 0.15) is 23.0 Å². The number of β-amino-alcohol motifs (C(OH)–C–C–N with tert-alkyl or cyclic N) is 2. The Kier molecular flexibility index (Phi) is 7.13. The number of nitrogens with zero attached hydrogens (tertiary/aromatic N) is 5. The van der Waals surface area contributed by atoms with E-state index in [1.54, 1.807) is 17.2 Å². The number of anilines is 1. The number of amides is 1. The van der Waals surface area contributed by atoms with Gasteiger partial charge in [0.15, 0.2) is 5.65 Å². The van der Waals surface area contributed by atoms with Gasteiger partial charge in [-0.2, -0.15) is 5.10 Å². The van der Waals surface area contributed by atoms with Gasteiger partial charge in [-0.25, -0.2) is 18.3 Å². The van der Waals surface area contributed by atoms with E-state index < -0.39 is 17.7 Å². The van der Waals surface area contributed by atoms with Crippen molar-refractivity contribution >= 4 is 17.4 Å². The lowest BCUT2D eigenvalue weighted by molar-refractivity contribution is 0.0766. The predicted octanol–water partition coefficient (Wildman–Crippen LogP) is 1.90. The van der Waals surface area contributed by atoms with Crippen molar-refractivity contribution in [3.63, 3.8) is 0 Å². The zero-order valence-electron chi connectivity index (χ0n) is 19.9. The third-order valence-corrected chi connectivity index (χ3v) is 6.93. The van der Waals surface area contributed by atoms with Gasteiger partial charge in [0, 0.05) is 37.9 Å². The van der Waals surface area contributed by atoms with Crippen molar-refractivity contribution in [1.82, 2.24) is 24.8 Å². The van der Waals surface area contributed by atoms with Crippen LogP contribution in [0, 0.1) is 11.6 Å². The maximum absolute atomic E-state index is 14.4. The summed E-state index contributed by atoms with van der Waals surface area (Å²) in [6.07, 6.45) is 5.61. The van der Waals surface area contributed by atoms with Crippen molar-refractivity contribution in [1.29, 1.82) is 0 Å². The molecule has 2 aromatic heterocycles. The monoisotopic (exact) mass is 500 g/mol. The Labute approximate surface area is 207 Å². The summed E-state index contributed by atoms with van der Waals surface area (Å²) < 4.78 is 29.7. The second-order valence-electron chi connectivity index (χ2n) is 9.47. The van der Waals surface area contributed by atoms with Crippen LogP contribution in [0.3, 0.4) is 0 Å². The standard InChI is InChI=1S/C21H21F2N5O2.C4H9NO/c22-13-3-4-17(23)15(10-13)18-2-1-7-27(18)19-6-9-28-20(25-19)16(11-24-28)21(30)26-8-5-14(29)12-26;6-4-1-2-5-3-4/h3-4,6,9-11,14,18,29H,1-2,5,7-8,12H2;4-6H,1-3H2/t14-,18-;4-/m11/s1. The van der Waals surface area contributed by atoms with Crippen molar-refractivity contribution in [2.45, 2.75) is 43.9 Å². The Balaban J connectivity index is 0.000000391. The minimum Gasteiger partial charge on any atom is -0.392 e. The van der Waals surface area contributed by atoms with Crippen molar-refractivity contribution in [2.24, 2.45) is 0 Å². The molecule has 36 heavy (non-hydrogen) atoms. The maximum atomic E-state index is 14.4. The van der Waals surface area contributed by atoms with E-state index in [-0.39, 0.29) is 18.1 Å². The van der Waals surface area contributed by atoms with Crippen LogP contribution in [0.25, 0.3) is 5.65 Å². The minimum absolute atomic E-state index is 0.0648. The molecule has 0 aliphatic carbocycles. The molecule has 3 aliphatic heterocycles. The topological polar surface area (TPSA) is 106 Å². The molecule has 3 aromatic rings. The smallest absolute Gasteiger partial charge is 0.259 e. The summed E-state index contributed by atoms with van der Waals surface area (Å²) in [6, 6.07) is 4.94. The quantitative estimate of drug-likeness (QED) is 0.504. The molecule has 1 aromatic carbocycles. The highest BCUT2D eigenvalue weighted by atomic mass is 19.1. The van der Waals surface area contributed by atoms with Crippen LogP contribution >= 0.6 is 0 Å². The lowest BCUT2D eigenvalue weighted by Gasteiger charge is -2.26. The summed E-state index contributed by atoms with van der Waals surface area (Å²) in [6.45, 7) is 3.22. The zero-order valence-corrected chi connectivity index (χ0v) is 19.9. The van der Waals surface area contributed by atoms with Crippen molar-refractivity contribution in [3.05, 3.63) is 59.4 Å². The number of nitrogens with one attached hydrogen (secondary N) is 1. The summed E-state index contributed by atoms with van der Waals surface area (Å²) in [5, 5.41) is 25.6. The molecule has 0 radical (unpaired) electrons. The predicted molar refractivity (Wildman–Crippen MR) is 129 cm³/mol. The lowest BCUT2D eigenvalue weighted by Crippen LogP contribution is -2.29. The fourth-order valence-electron chi connectivity index (χ4n) is 5.04. The summed E-state index contributed by atoms with van der Waals surface area (Å²) in [7, 11) is 0. The molecule has 3 N–H and O–H groups in total. The molecule has 6 rings (SSSR count). The van der Waals surface area contributed by atoms with Crippen LogP contribution in [0.4, 0.5) is 14.6 Å². The average Bonchev–Trinajstić information content (AvgIpc) is 3.67. The van der Waals surface area contributed by atoms with Crippen LogP contribution in [0.15, 0.2) is 36.7 Å². The first-order valence-electron chi connectivity index (χ1n) is 12.3. The Morgan fingerprint density at radius 3 is 2.64 bits per heavy atom. The van der Waals surface area contributed by atoms with E-state index in [0.717, 1.165) is 38.1 Å². The van der Waals surface area contributed by atoms with E-state index >= 15 is 0 Å². The molecule has 3 atom stereocenters. The molecule has 0 bridgehead atoms. The fraction of sp³-hybridized carbons (Fsp3) is 0.480. The van der Waals surface area contributed by atoms with Gasteiger partial charge in [0.25, 0.3) is 5.91 Å². The number of hydrogen-bond donors (Lipinski definition) is 3. The number of benzene rings is 1. The summed E-state index contributed by atoms with van der Waals surface area (Å²) in [4.78, 5) is 21.1. The van der Waals surface area contributed by atoms with E-state index in [0.29, 0.717) is 55.1 Å². The van der Waals surface area contributed by atoms with Gasteiger partial charge in [0.2, 0.25) is 0 Å². The molecule has 5 heterocycles. The Bertz CT molecular complexity index is 1230. The van der Waals surface area contributed by atoms with E-state index in [9.17, 15) is 18.7 Å². The number of halogens is 2. The molecule has 192 valence electrons. The number of fused-ring (bicyclic) bond motifs is 1. The number of carbonyl (C=O) groups is 1. The van der Waals surface area contributed by atoms with Crippen LogP contribution in [0.2, 0.25) is 0 Å². The molecule has 0 spiro atoms. The first-order chi connectivity index (χ1) is 17.4. The first kappa shape index (κ1) is 24.5.